The molecular weight excluding hydrogens is 157 g/mol. The number of rotatable bonds is 1. The Morgan fingerprint density at radius 1 is 1.20 bits per heavy atom. The standard InChI is InChI=1S/C6H6ClNO.FH/c7-9-6-3-1-5(8)2-4-6;/h1-4H,8H2;1H. The highest BCUT2D eigenvalue weighted by atomic mass is 35.5. The van der Waals surface area contributed by atoms with Crippen LogP contribution < -0.4 is 10.0 Å². The zero-order valence-electron chi connectivity index (χ0n) is 5.08. The molecule has 4 heteroatoms. The Kier molecular flexibility index (Phi) is 3.57. The van der Waals surface area contributed by atoms with E-state index in [-0.39, 0.29) is 4.70 Å². The Balaban J connectivity index is 0.000000810. The van der Waals surface area contributed by atoms with E-state index in [9.17, 15) is 0 Å². The van der Waals surface area contributed by atoms with Crippen molar-refractivity contribution in [1.82, 2.24) is 0 Å². The molecule has 0 aliphatic carbocycles. The first kappa shape index (κ1) is 9.04. The highest BCUT2D eigenvalue weighted by molar-refractivity contribution is 6.09. The summed E-state index contributed by atoms with van der Waals surface area (Å²) in [6.07, 6.45) is 0. The van der Waals surface area contributed by atoms with E-state index in [1.54, 1.807) is 24.3 Å². The fraction of sp³-hybridized carbons (Fsp3) is 0. The van der Waals surface area contributed by atoms with Crippen LogP contribution in [0.15, 0.2) is 24.3 Å². The maximum atomic E-state index is 5.38. The van der Waals surface area contributed by atoms with Crippen molar-refractivity contribution in [2.24, 2.45) is 0 Å². The summed E-state index contributed by atoms with van der Waals surface area (Å²) < 4.78 is 4.39. The van der Waals surface area contributed by atoms with Crippen LogP contribution in [0, 0.1) is 0 Å². The fourth-order valence-corrected chi connectivity index (χ4v) is 0.622. The van der Waals surface area contributed by atoms with E-state index in [2.05, 4.69) is 4.29 Å². The fourth-order valence-electron chi connectivity index (χ4n) is 0.519. The van der Waals surface area contributed by atoms with E-state index in [0.29, 0.717) is 11.4 Å². The van der Waals surface area contributed by atoms with E-state index < -0.39 is 0 Å². The van der Waals surface area contributed by atoms with Crippen molar-refractivity contribution < 1.29 is 8.99 Å². The largest absolute Gasteiger partial charge is 0.399 e. The second kappa shape index (κ2) is 3.95. The van der Waals surface area contributed by atoms with Crippen molar-refractivity contribution in [3.8, 4) is 5.75 Å². The van der Waals surface area contributed by atoms with Crippen LogP contribution in [0.2, 0.25) is 0 Å². The molecule has 0 atom stereocenters. The van der Waals surface area contributed by atoms with Crippen molar-refractivity contribution in [2.45, 2.75) is 0 Å². The molecule has 0 bridgehead atoms. The first-order valence-electron chi connectivity index (χ1n) is 2.47. The Hall–Kier alpha value is -0.960. The quantitative estimate of drug-likeness (QED) is 0.643. The summed E-state index contributed by atoms with van der Waals surface area (Å²) in [6.45, 7) is 0. The predicted molar refractivity (Wildman–Crippen MR) is 39.8 cm³/mol. The second-order valence-corrected chi connectivity index (χ2v) is 1.80. The number of nitrogen functional groups attached to an aromatic ring is 1. The molecule has 1 aromatic carbocycles. The van der Waals surface area contributed by atoms with Crippen LogP contribution >= 0.6 is 11.9 Å². The molecule has 0 heterocycles. The van der Waals surface area contributed by atoms with Gasteiger partial charge in [-0.05, 0) is 24.3 Å². The van der Waals surface area contributed by atoms with Crippen molar-refractivity contribution in [3.05, 3.63) is 24.3 Å². The van der Waals surface area contributed by atoms with Crippen LogP contribution in [0.5, 0.6) is 5.75 Å². The zero-order chi connectivity index (χ0) is 6.69. The van der Waals surface area contributed by atoms with Crippen molar-refractivity contribution in [2.75, 3.05) is 5.73 Å². The monoisotopic (exact) mass is 163 g/mol. The number of hydrogen-bond donors (Lipinski definition) is 1. The van der Waals surface area contributed by atoms with Crippen LogP contribution in [0.1, 0.15) is 0 Å². The van der Waals surface area contributed by atoms with Gasteiger partial charge in [-0.2, -0.15) is 0 Å². The van der Waals surface area contributed by atoms with Gasteiger partial charge in [0.05, 0.1) is 0 Å². The zero-order valence-corrected chi connectivity index (χ0v) is 5.84. The Labute approximate surface area is 63.1 Å². The molecule has 0 aromatic heterocycles. The average molecular weight is 164 g/mol. The highest BCUT2D eigenvalue weighted by Gasteiger charge is 1.87. The Bertz CT molecular complexity index is 189. The lowest BCUT2D eigenvalue weighted by Crippen LogP contribution is -1.82. The number of anilines is 1. The highest BCUT2D eigenvalue weighted by Crippen LogP contribution is 2.13. The van der Waals surface area contributed by atoms with E-state index in [1.165, 1.54) is 0 Å². The molecule has 0 radical (unpaired) electrons. The lowest BCUT2D eigenvalue weighted by molar-refractivity contribution is 0.619. The van der Waals surface area contributed by atoms with Gasteiger partial charge in [0, 0.05) is 5.69 Å². The molecule has 0 spiro atoms. The van der Waals surface area contributed by atoms with Gasteiger partial charge in [-0.25, -0.2) is 0 Å². The van der Waals surface area contributed by atoms with Gasteiger partial charge in [0.25, 0.3) is 0 Å². The molecule has 0 unspecified atom stereocenters. The summed E-state index contributed by atoms with van der Waals surface area (Å²) in [7, 11) is 0. The number of benzene rings is 1. The molecule has 56 valence electrons. The summed E-state index contributed by atoms with van der Waals surface area (Å²) >= 11 is 5.04. The summed E-state index contributed by atoms with van der Waals surface area (Å²) in [6, 6.07) is 6.83. The summed E-state index contributed by atoms with van der Waals surface area (Å²) in [4.78, 5) is 0. The number of hydrogen-bond acceptors (Lipinski definition) is 2. The van der Waals surface area contributed by atoms with Gasteiger partial charge >= 0.3 is 0 Å². The van der Waals surface area contributed by atoms with E-state index in [0.717, 1.165) is 0 Å². The van der Waals surface area contributed by atoms with E-state index in [1.807, 2.05) is 0 Å². The first-order chi connectivity index (χ1) is 4.33. The molecule has 2 N–H and O–H groups in total. The van der Waals surface area contributed by atoms with Gasteiger partial charge in [-0.1, -0.05) is 0 Å². The van der Waals surface area contributed by atoms with Crippen LogP contribution in [0.25, 0.3) is 0 Å². The maximum absolute atomic E-state index is 5.38. The topological polar surface area (TPSA) is 35.2 Å². The van der Waals surface area contributed by atoms with Crippen LogP contribution in [-0.2, 0) is 0 Å². The van der Waals surface area contributed by atoms with Crippen molar-refractivity contribution in [1.29, 1.82) is 0 Å². The molecule has 0 aliphatic heterocycles. The molecule has 1 aromatic rings. The minimum atomic E-state index is 0. The molecule has 0 amide bonds. The van der Waals surface area contributed by atoms with Gasteiger partial charge < -0.3 is 10.0 Å². The van der Waals surface area contributed by atoms with Crippen molar-refractivity contribution >= 4 is 17.6 Å². The number of nitrogens with two attached hydrogens (primary N) is 1. The van der Waals surface area contributed by atoms with Gasteiger partial charge in [-0.15, -0.1) is 0 Å². The molecule has 2 nitrogen and oxygen atoms in total. The lowest BCUT2D eigenvalue weighted by atomic mass is 10.3. The molecule has 0 saturated carbocycles. The van der Waals surface area contributed by atoms with E-state index >= 15 is 0 Å². The van der Waals surface area contributed by atoms with Gasteiger partial charge in [0.2, 0.25) is 0 Å². The third-order valence-electron chi connectivity index (χ3n) is 0.969. The van der Waals surface area contributed by atoms with E-state index in [4.69, 9.17) is 17.6 Å². The Morgan fingerprint density at radius 3 is 2.10 bits per heavy atom. The Morgan fingerprint density at radius 2 is 1.70 bits per heavy atom. The minimum absolute atomic E-state index is 0. The molecule has 10 heavy (non-hydrogen) atoms. The summed E-state index contributed by atoms with van der Waals surface area (Å²) in [5.74, 6) is 0.603. The summed E-state index contributed by atoms with van der Waals surface area (Å²) in [5.41, 5.74) is 6.08. The van der Waals surface area contributed by atoms with Gasteiger partial charge in [0.1, 0.15) is 17.6 Å². The second-order valence-electron chi connectivity index (χ2n) is 1.65. The van der Waals surface area contributed by atoms with Crippen molar-refractivity contribution in [3.63, 3.8) is 0 Å². The minimum Gasteiger partial charge on any atom is -0.399 e. The normalized spacial score (nSPS) is 8.10. The van der Waals surface area contributed by atoms with Crippen LogP contribution in [0.4, 0.5) is 10.4 Å². The smallest absolute Gasteiger partial charge is 0.146 e. The summed E-state index contributed by atoms with van der Waals surface area (Å²) in [5, 5.41) is 0. The average Bonchev–Trinajstić information content (AvgIpc) is 1.90. The third kappa shape index (κ3) is 2.11. The van der Waals surface area contributed by atoms with Crippen LogP contribution in [-0.4, -0.2) is 0 Å². The number of halogens is 2. The molecule has 0 fully saturated rings. The molecule has 1 rings (SSSR count). The van der Waals surface area contributed by atoms with Gasteiger partial charge in [-0.3, -0.25) is 4.70 Å². The third-order valence-corrected chi connectivity index (χ3v) is 1.15. The van der Waals surface area contributed by atoms with Crippen LogP contribution in [0.3, 0.4) is 0 Å². The molecular formula is C6H7ClFNO. The lowest BCUT2D eigenvalue weighted by Gasteiger charge is -1.93. The first-order valence-corrected chi connectivity index (χ1v) is 2.78. The van der Waals surface area contributed by atoms with Gasteiger partial charge in [0.15, 0.2) is 0 Å². The SMILES string of the molecule is F.Nc1ccc(OCl)cc1. The molecule has 0 aliphatic rings. The predicted octanol–water partition coefficient (Wildman–Crippen LogP) is 1.95. The maximum Gasteiger partial charge on any atom is 0.146 e. The molecule has 0 saturated heterocycles.